The first-order valence-corrected chi connectivity index (χ1v) is 8.07. The summed E-state index contributed by atoms with van der Waals surface area (Å²) in [5.41, 5.74) is 4.26. The molecule has 0 atom stereocenters. The van der Waals surface area contributed by atoms with Gasteiger partial charge in [0.25, 0.3) is 5.91 Å². The van der Waals surface area contributed by atoms with Crippen molar-refractivity contribution < 1.29 is 14.0 Å². The van der Waals surface area contributed by atoms with Crippen LogP contribution in [0, 0.1) is 6.92 Å². The van der Waals surface area contributed by atoms with E-state index in [4.69, 9.17) is 4.42 Å². The van der Waals surface area contributed by atoms with Crippen molar-refractivity contribution in [2.45, 2.75) is 13.5 Å². The van der Waals surface area contributed by atoms with E-state index < -0.39 is 0 Å². The van der Waals surface area contributed by atoms with Crippen LogP contribution < -0.4 is 5.32 Å². The molecule has 0 aliphatic rings. The number of furan rings is 1. The number of likely N-dealkylation sites (N-methyl/N-ethyl adjacent to an activating group) is 1. The van der Waals surface area contributed by atoms with Crippen LogP contribution in [-0.4, -0.2) is 41.9 Å². The minimum absolute atomic E-state index is 0.0389. The molecule has 6 heteroatoms. The predicted molar refractivity (Wildman–Crippen MR) is 95.5 cm³/mol. The minimum atomic E-state index is -0.296. The van der Waals surface area contributed by atoms with E-state index in [2.05, 4.69) is 5.32 Å². The fourth-order valence-electron chi connectivity index (χ4n) is 2.70. The van der Waals surface area contributed by atoms with Crippen LogP contribution in [0.15, 0.2) is 47.1 Å². The van der Waals surface area contributed by atoms with Crippen LogP contribution in [0.3, 0.4) is 0 Å². The van der Waals surface area contributed by atoms with Gasteiger partial charge in [0.15, 0.2) is 5.58 Å². The number of benzene rings is 1. The van der Waals surface area contributed by atoms with Crippen molar-refractivity contribution in [3.63, 3.8) is 0 Å². The number of nitrogens with zero attached hydrogens (tertiary/aromatic N) is 2. The van der Waals surface area contributed by atoms with Gasteiger partial charge >= 0.3 is 0 Å². The molecule has 0 fully saturated rings. The van der Waals surface area contributed by atoms with Gasteiger partial charge in [0.05, 0.1) is 18.3 Å². The van der Waals surface area contributed by atoms with Crippen LogP contribution in [0.2, 0.25) is 0 Å². The highest BCUT2D eigenvalue weighted by Crippen LogP contribution is 2.23. The molecular weight excluding hydrogens is 318 g/mol. The maximum atomic E-state index is 12.6. The molecule has 25 heavy (non-hydrogen) atoms. The van der Waals surface area contributed by atoms with Crippen LogP contribution in [-0.2, 0) is 11.3 Å². The molecule has 2 aromatic heterocycles. The number of carbonyl (C=O) groups excluding carboxylic acids is 2. The number of carbonyl (C=O) groups is 2. The van der Waals surface area contributed by atoms with Crippen molar-refractivity contribution in [2.24, 2.45) is 0 Å². The molecule has 0 aliphatic heterocycles. The number of fused-ring (bicyclic) bond motifs is 1. The highest BCUT2D eigenvalue weighted by molar-refractivity contribution is 5.99. The zero-order valence-electron chi connectivity index (χ0n) is 14.6. The zero-order chi connectivity index (χ0) is 18.0. The minimum Gasteiger partial charge on any atom is -0.463 e. The fraction of sp³-hybridized carbons (Fsp3) is 0.263. The van der Waals surface area contributed by atoms with Gasteiger partial charge in [-0.05, 0) is 18.1 Å². The first kappa shape index (κ1) is 16.8. The van der Waals surface area contributed by atoms with E-state index in [0.717, 1.165) is 16.6 Å². The van der Waals surface area contributed by atoms with E-state index in [1.807, 2.05) is 41.8 Å². The second-order valence-corrected chi connectivity index (χ2v) is 6.18. The molecule has 6 nitrogen and oxygen atoms in total. The zero-order valence-corrected chi connectivity index (χ0v) is 14.6. The van der Waals surface area contributed by atoms with Crippen LogP contribution in [0.25, 0.3) is 11.1 Å². The Balaban J connectivity index is 1.90. The Morgan fingerprint density at radius 2 is 1.96 bits per heavy atom. The molecule has 0 bridgehead atoms. The molecule has 3 rings (SSSR count). The molecule has 2 amide bonds. The maximum Gasteiger partial charge on any atom is 0.268 e. The van der Waals surface area contributed by atoms with Gasteiger partial charge in [-0.1, -0.05) is 24.3 Å². The number of nitrogens with one attached hydrogen (secondary N) is 1. The first-order valence-electron chi connectivity index (χ1n) is 8.07. The third-order valence-corrected chi connectivity index (χ3v) is 4.24. The van der Waals surface area contributed by atoms with Crippen LogP contribution in [0.1, 0.15) is 21.6 Å². The van der Waals surface area contributed by atoms with Gasteiger partial charge in [0.2, 0.25) is 5.91 Å². The molecule has 2 heterocycles. The van der Waals surface area contributed by atoms with E-state index in [9.17, 15) is 9.59 Å². The van der Waals surface area contributed by atoms with Gasteiger partial charge in [-0.25, -0.2) is 0 Å². The monoisotopic (exact) mass is 339 g/mol. The Bertz CT molecular complexity index is 921. The molecule has 0 saturated carbocycles. The summed E-state index contributed by atoms with van der Waals surface area (Å²) in [6, 6.07) is 11.6. The fourth-order valence-corrected chi connectivity index (χ4v) is 2.70. The second kappa shape index (κ2) is 6.84. The van der Waals surface area contributed by atoms with Crippen molar-refractivity contribution in [1.82, 2.24) is 14.8 Å². The highest BCUT2D eigenvalue weighted by Gasteiger charge is 2.19. The lowest BCUT2D eigenvalue weighted by molar-refractivity contribution is -0.127. The van der Waals surface area contributed by atoms with Crippen LogP contribution >= 0.6 is 0 Å². The molecular formula is C19H21N3O3. The van der Waals surface area contributed by atoms with E-state index in [0.29, 0.717) is 17.8 Å². The summed E-state index contributed by atoms with van der Waals surface area (Å²) in [5, 5.41) is 2.68. The number of amides is 2. The van der Waals surface area contributed by atoms with E-state index in [1.165, 1.54) is 4.90 Å². The Kier molecular flexibility index (Phi) is 4.61. The van der Waals surface area contributed by atoms with Crippen LogP contribution in [0.4, 0.5) is 0 Å². The summed E-state index contributed by atoms with van der Waals surface area (Å²) in [6.45, 7) is 2.56. The van der Waals surface area contributed by atoms with Crippen molar-refractivity contribution in [1.29, 1.82) is 0 Å². The molecule has 0 aliphatic carbocycles. The Morgan fingerprint density at radius 1 is 1.20 bits per heavy atom. The Labute approximate surface area is 146 Å². The normalized spacial score (nSPS) is 10.8. The summed E-state index contributed by atoms with van der Waals surface area (Å²) in [7, 11) is 3.31. The topological polar surface area (TPSA) is 67.5 Å². The molecule has 130 valence electrons. The lowest BCUT2D eigenvalue weighted by Gasteiger charge is -2.13. The second-order valence-electron chi connectivity index (χ2n) is 6.18. The van der Waals surface area contributed by atoms with Gasteiger partial charge in [0, 0.05) is 32.8 Å². The van der Waals surface area contributed by atoms with Gasteiger partial charge in [0.1, 0.15) is 5.69 Å². The van der Waals surface area contributed by atoms with E-state index in [1.54, 1.807) is 26.4 Å². The van der Waals surface area contributed by atoms with E-state index >= 15 is 0 Å². The van der Waals surface area contributed by atoms with Gasteiger partial charge in [-0.3, -0.25) is 9.59 Å². The summed E-state index contributed by atoms with van der Waals surface area (Å²) >= 11 is 0. The first-order chi connectivity index (χ1) is 12.0. The molecule has 0 unspecified atom stereocenters. The SMILES string of the molecule is Cc1ccccc1Cn1c(C(=O)NCC(=O)N(C)C)cc2occc21. The van der Waals surface area contributed by atoms with Gasteiger partial charge in [-0.15, -0.1) is 0 Å². The quantitative estimate of drug-likeness (QED) is 0.776. The largest absolute Gasteiger partial charge is 0.463 e. The summed E-state index contributed by atoms with van der Waals surface area (Å²) in [4.78, 5) is 25.7. The number of rotatable bonds is 5. The number of aromatic nitrogens is 1. The number of hydrogen-bond acceptors (Lipinski definition) is 3. The standard InChI is InChI=1S/C19H21N3O3/c1-13-6-4-5-7-14(13)12-22-15-8-9-25-17(15)10-16(22)19(24)20-11-18(23)21(2)3/h4-10H,11-12H2,1-3H3,(H,20,24). The van der Waals surface area contributed by atoms with Crippen molar-refractivity contribution in [2.75, 3.05) is 20.6 Å². The average molecular weight is 339 g/mol. The van der Waals surface area contributed by atoms with Gasteiger partial charge in [-0.2, -0.15) is 0 Å². The summed E-state index contributed by atoms with van der Waals surface area (Å²) in [5.74, 6) is -0.454. The molecule has 0 spiro atoms. The number of aryl methyl sites for hydroxylation is 1. The number of hydrogen-bond donors (Lipinski definition) is 1. The Hall–Kier alpha value is -3.02. The third kappa shape index (κ3) is 3.42. The average Bonchev–Trinajstić information content (AvgIpc) is 3.16. The highest BCUT2D eigenvalue weighted by atomic mass is 16.3. The molecule has 0 saturated heterocycles. The van der Waals surface area contributed by atoms with Gasteiger partial charge < -0.3 is 19.2 Å². The maximum absolute atomic E-state index is 12.6. The third-order valence-electron chi connectivity index (χ3n) is 4.24. The Morgan fingerprint density at radius 3 is 2.68 bits per heavy atom. The molecule has 0 radical (unpaired) electrons. The smallest absolute Gasteiger partial charge is 0.268 e. The van der Waals surface area contributed by atoms with Crippen molar-refractivity contribution in [3.8, 4) is 0 Å². The molecule has 1 aromatic carbocycles. The molecule has 3 aromatic rings. The summed E-state index contributed by atoms with van der Waals surface area (Å²) in [6.07, 6.45) is 1.61. The van der Waals surface area contributed by atoms with Crippen molar-refractivity contribution in [3.05, 3.63) is 59.5 Å². The molecule has 1 N–H and O–H groups in total. The van der Waals surface area contributed by atoms with E-state index in [-0.39, 0.29) is 18.4 Å². The lowest BCUT2D eigenvalue weighted by Crippen LogP contribution is -2.37. The predicted octanol–water partition coefficient (Wildman–Crippen LogP) is 2.41. The summed E-state index contributed by atoms with van der Waals surface area (Å²) < 4.78 is 7.36. The van der Waals surface area contributed by atoms with Crippen molar-refractivity contribution >= 4 is 22.9 Å². The lowest BCUT2D eigenvalue weighted by atomic mass is 10.1. The van der Waals surface area contributed by atoms with Crippen LogP contribution in [0.5, 0.6) is 0 Å².